The van der Waals surface area contributed by atoms with Gasteiger partial charge in [-0.05, 0) is 38.0 Å². The predicted octanol–water partition coefficient (Wildman–Crippen LogP) is 4.86. The quantitative estimate of drug-likeness (QED) is 0.500. The molecule has 3 heterocycles. The van der Waals surface area contributed by atoms with Crippen molar-refractivity contribution in [2.75, 3.05) is 0 Å². The van der Waals surface area contributed by atoms with Crippen molar-refractivity contribution in [3.05, 3.63) is 59.1 Å². The molecule has 0 unspecified atom stereocenters. The Morgan fingerprint density at radius 1 is 1.28 bits per heavy atom. The van der Waals surface area contributed by atoms with Crippen LogP contribution in [0.3, 0.4) is 0 Å². The lowest BCUT2D eigenvalue weighted by Crippen LogP contribution is -1.93. The first-order valence-corrected chi connectivity index (χ1v) is 8.24. The van der Waals surface area contributed by atoms with Gasteiger partial charge in [-0.2, -0.15) is 5.10 Å². The molecule has 1 aromatic carbocycles. The van der Waals surface area contributed by atoms with Gasteiger partial charge in [0.05, 0.1) is 6.20 Å². The molecule has 126 valence electrons. The molecule has 0 atom stereocenters. The Labute approximate surface area is 144 Å². The van der Waals surface area contributed by atoms with Crippen molar-refractivity contribution < 1.29 is 13.9 Å². The smallest absolute Gasteiger partial charge is 0.154 e. The number of nitrogens with zero attached hydrogens (tertiary/aromatic N) is 2. The van der Waals surface area contributed by atoms with E-state index in [0.717, 1.165) is 40.5 Å². The van der Waals surface area contributed by atoms with Gasteiger partial charge in [0, 0.05) is 34.8 Å². The Bertz CT molecular complexity index is 1110. The lowest BCUT2D eigenvalue weighted by atomic mass is 10.1. The summed E-state index contributed by atoms with van der Waals surface area (Å²) < 4.78 is 13.6. The molecule has 0 aliphatic heterocycles. The first-order chi connectivity index (χ1) is 12.1. The Hall–Kier alpha value is -3.08. The zero-order chi connectivity index (χ0) is 17.6. The van der Waals surface area contributed by atoms with E-state index in [9.17, 15) is 4.79 Å². The van der Waals surface area contributed by atoms with Gasteiger partial charge in [-0.3, -0.25) is 4.79 Å². The van der Waals surface area contributed by atoms with Crippen LogP contribution in [0, 0.1) is 13.8 Å². The van der Waals surface area contributed by atoms with E-state index in [-0.39, 0.29) is 0 Å². The van der Waals surface area contributed by atoms with E-state index >= 15 is 0 Å². The summed E-state index contributed by atoms with van der Waals surface area (Å²) in [6, 6.07) is 7.66. The van der Waals surface area contributed by atoms with Crippen LogP contribution in [0.15, 0.2) is 41.1 Å². The van der Waals surface area contributed by atoms with Crippen LogP contribution in [0.25, 0.3) is 16.5 Å². The van der Waals surface area contributed by atoms with E-state index in [4.69, 9.17) is 9.15 Å². The monoisotopic (exact) mass is 334 g/mol. The minimum absolute atomic E-state index is 0.605. The zero-order valence-corrected chi connectivity index (χ0v) is 14.4. The van der Waals surface area contributed by atoms with Crippen molar-refractivity contribution in [1.82, 2.24) is 9.61 Å². The number of hydrogen-bond acceptors (Lipinski definition) is 4. The topological polar surface area (TPSA) is 56.7 Å². The van der Waals surface area contributed by atoms with Gasteiger partial charge in [0.2, 0.25) is 0 Å². The first kappa shape index (κ1) is 15.4. The number of aldehydes is 1. The van der Waals surface area contributed by atoms with Gasteiger partial charge in [0.1, 0.15) is 22.6 Å². The van der Waals surface area contributed by atoms with Crippen molar-refractivity contribution in [2.24, 2.45) is 0 Å². The molecule has 0 radical (unpaired) electrons. The molecule has 5 heteroatoms. The molecule has 0 saturated carbocycles. The van der Waals surface area contributed by atoms with Crippen molar-refractivity contribution in [3.63, 3.8) is 0 Å². The summed E-state index contributed by atoms with van der Waals surface area (Å²) in [7, 11) is 0. The van der Waals surface area contributed by atoms with E-state index < -0.39 is 0 Å². The van der Waals surface area contributed by atoms with Crippen LogP contribution >= 0.6 is 0 Å². The second kappa shape index (κ2) is 5.77. The number of hydrogen-bond donors (Lipinski definition) is 0. The zero-order valence-electron chi connectivity index (χ0n) is 14.4. The van der Waals surface area contributed by atoms with Gasteiger partial charge >= 0.3 is 0 Å². The summed E-state index contributed by atoms with van der Waals surface area (Å²) >= 11 is 0. The molecule has 0 aliphatic rings. The molecule has 25 heavy (non-hydrogen) atoms. The fourth-order valence-corrected chi connectivity index (χ4v) is 3.33. The second-order valence-corrected chi connectivity index (χ2v) is 6.07. The summed E-state index contributed by atoms with van der Waals surface area (Å²) in [4.78, 5) is 11.2. The Balaban J connectivity index is 1.80. The third kappa shape index (κ3) is 2.39. The van der Waals surface area contributed by atoms with Crippen LogP contribution < -0.4 is 4.74 Å². The fraction of sp³-hybridized carbons (Fsp3) is 0.200. The number of carbonyl (C=O) groups excluding carboxylic acids is 1. The number of ether oxygens (including phenoxy) is 1. The van der Waals surface area contributed by atoms with Crippen LogP contribution in [-0.2, 0) is 6.42 Å². The van der Waals surface area contributed by atoms with Crippen LogP contribution in [0.2, 0.25) is 0 Å². The molecule has 0 saturated heterocycles. The maximum Gasteiger partial charge on any atom is 0.154 e. The van der Waals surface area contributed by atoms with Gasteiger partial charge in [0.25, 0.3) is 0 Å². The van der Waals surface area contributed by atoms with Gasteiger partial charge in [-0.15, -0.1) is 0 Å². The van der Waals surface area contributed by atoms with Crippen molar-refractivity contribution in [3.8, 4) is 11.5 Å². The Kier molecular flexibility index (Phi) is 3.57. The minimum Gasteiger partial charge on any atom is -0.461 e. The summed E-state index contributed by atoms with van der Waals surface area (Å²) in [5.41, 5.74) is 4.28. The predicted molar refractivity (Wildman–Crippen MR) is 95.7 cm³/mol. The summed E-state index contributed by atoms with van der Waals surface area (Å²) in [5.74, 6) is 2.28. The highest BCUT2D eigenvalue weighted by Crippen LogP contribution is 2.33. The van der Waals surface area contributed by atoms with E-state index in [2.05, 4.69) is 12.0 Å². The lowest BCUT2D eigenvalue weighted by molar-refractivity contribution is 0.112. The molecule has 5 nitrogen and oxygen atoms in total. The third-order valence-corrected chi connectivity index (χ3v) is 4.60. The molecule has 0 bridgehead atoms. The highest BCUT2D eigenvalue weighted by atomic mass is 16.5. The number of rotatable bonds is 4. The number of fused-ring (bicyclic) bond motifs is 2. The first-order valence-electron chi connectivity index (χ1n) is 8.24. The summed E-state index contributed by atoms with van der Waals surface area (Å²) in [6.07, 6.45) is 5.12. The second-order valence-electron chi connectivity index (χ2n) is 6.07. The van der Waals surface area contributed by atoms with Gasteiger partial charge in [0.15, 0.2) is 12.0 Å². The van der Waals surface area contributed by atoms with Crippen molar-refractivity contribution in [2.45, 2.75) is 27.2 Å². The molecule has 0 amide bonds. The van der Waals surface area contributed by atoms with E-state index in [1.165, 1.54) is 5.56 Å². The van der Waals surface area contributed by atoms with Gasteiger partial charge in [-0.1, -0.05) is 6.92 Å². The Morgan fingerprint density at radius 3 is 2.88 bits per heavy atom. The molecular weight excluding hydrogens is 316 g/mol. The average molecular weight is 334 g/mol. The number of benzene rings is 1. The molecular formula is C20H18N2O3. The number of aryl methyl sites for hydroxylation is 3. The lowest BCUT2D eigenvalue weighted by Gasteiger charge is -2.08. The van der Waals surface area contributed by atoms with Crippen molar-refractivity contribution >= 4 is 22.8 Å². The molecule has 4 rings (SSSR count). The number of carbonyl (C=O) groups is 1. The van der Waals surface area contributed by atoms with E-state index in [1.807, 2.05) is 32.0 Å². The van der Waals surface area contributed by atoms with E-state index in [1.54, 1.807) is 23.0 Å². The average Bonchev–Trinajstić information content (AvgIpc) is 3.11. The van der Waals surface area contributed by atoms with Crippen LogP contribution in [0.4, 0.5) is 0 Å². The van der Waals surface area contributed by atoms with Gasteiger partial charge < -0.3 is 9.15 Å². The SMILES string of the molecule is CCc1c(C)oc2cc(Oc3ccnn4cc(C=O)c(C)c34)ccc12. The normalized spacial score (nSPS) is 11.3. The van der Waals surface area contributed by atoms with E-state index in [0.29, 0.717) is 17.1 Å². The number of furan rings is 1. The largest absolute Gasteiger partial charge is 0.461 e. The highest BCUT2D eigenvalue weighted by Gasteiger charge is 2.14. The third-order valence-electron chi connectivity index (χ3n) is 4.60. The van der Waals surface area contributed by atoms with Crippen LogP contribution in [-0.4, -0.2) is 15.9 Å². The van der Waals surface area contributed by atoms with Crippen molar-refractivity contribution in [1.29, 1.82) is 0 Å². The summed E-state index contributed by atoms with van der Waals surface area (Å²) in [5, 5.41) is 5.37. The van der Waals surface area contributed by atoms with Crippen LogP contribution in [0.5, 0.6) is 11.5 Å². The number of aromatic nitrogens is 2. The Morgan fingerprint density at radius 2 is 2.12 bits per heavy atom. The highest BCUT2D eigenvalue weighted by molar-refractivity contribution is 5.85. The molecule has 0 aliphatic carbocycles. The molecule has 4 aromatic rings. The fourth-order valence-electron chi connectivity index (χ4n) is 3.33. The maximum absolute atomic E-state index is 11.2. The minimum atomic E-state index is 0.605. The standard InChI is InChI=1S/C20H18N2O3/c1-4-16-13(3)24-19-9-15(5-6-17(16)19)25-18-7-8-21-22-10-14(11-23)12(2)20(18)22/h5-11H,4H2,1-3H3. The summed E-state index contributed by atoms with van der Waals surface area (Å²) in [6.45, 7) is 5.99. The maximum atomic E-state index is 11.2. The molecule has 0 fully saturated rings. The molecule has 3 aromatic heterocycles. The van der Waals surface area contributed by atoms with Crippen LogP contribution in [0.1, 0.15) is 34.2 Å². The van der Waals surface area contributed by atoms with Gasteiger partial charge in [-0.25, -0.2) is 4.52 Å². The molecule has 0 spiro atoms. The molecule has 0 N–H and O–H groups in total.